The van der Waals surface area contributed by atoms with Gasteiger partial charge in [0.05, 0.1) is 10.7 Å². The van der Waals surface area contributed by atoms with Gasteiger partial charge in [-0.25, -0.2) is 4.79 Å². The number of anilines is 1. The molecule has 27 heavy (non-hydrogen) atoms. The molecule has 0 radical (unpaired) electrons. The van der Waals surface area contributed by atoms with E-state index in [0.717, 1.165) is 6.42 Å². The van der Waals surface area contributed by atoms with Crippen LogP contribution in [0.15, 0.2) is 24.3 Å². The summed E-state index contributed by atoms with van der Waals surface area (Å²) in [5.41, 5.74) is 0.171. The molecule has 7 heteroatoms. The first-order valence-corrected chi connectivity index (χ1v) is 9.80. The number of carbonyl (C=O) groups is 2. The van der Waals surface area contributed by atoms with E-state index in [1.165, 1.54) is 0 Å². The molecule has 3 amide bonds. The van der Waals surface area contributed by atoms with Crippen LogP contribution in [-0.2, 0) is 4.79 Å². The average molecular weight is 397 g/mol. The average Bonchev–Trinajstić information content (AvgIpc) is 2.54. The summed E-state index contributed by atoms with van der Waals surface area (Å²) in [6.45, 7) is 11.4. The number of halogens is 1. The molecule has 0 bridgehead atoms. The van der Waals surface area contributed by atoms with Gasteiger partial charge in [0.2, 0.25) is 5.91 Å². The van der Waals surface area contributed by atoms with Gasteiger partial charge >= 0.3 is 6.03 Å². The van der Waals surface area contributed by atoms with E-state index in [0.29, 0.717) is 36.1 Å². The van der Waals surface area contributed by atoms with E-state index in [2.05, 4.69) is 35.1 Å². The van der Waals surface area contributed by atoms with Gasteiger partial charge < -0.3 is 21.3 Å². The second kappa shape index (κ2) is 11.1. The summed E-state index contributed by atoms with van der Waals surface area (Å²) in [6, 6.07) is 6.88. The van der Waals surface area contributed by atoms with Crippen molar-refractivity contribution in [3.8, 4) is 0 Å². The van der Waals surface area contributed by atoms with E-state index >= 15 is 0 Å². The summed E-state index contributed by atoms with van der Waals surface area (Å²) >= 11 is 6.05. The van der Waals surface area contributed by atoms with Crippen LogP contribution >= 0.6 is 11.6 Å². The van der Waals surface area contributed by atoms with Crippen LogP contribution in [0.4, 0.5) is 10.5 Å². The van der Waals surface area contributed by atoms with E-state index < -0.39 is 5.54 Å². The van der Waals surface area contributed by atoms with Crippen molar-refractivity contribution in [1.29, 1.82) is 0 Å². The van der Waals surface area contributed by atoms with Crippen LogP contribution < -0.4 is 21.3 Å². The first-order chi connectivity index (χ1) is 12.6. The van der Waals surface area contributed by atoms with Crippen molar-refractivity contribution >= 4 is 29.2 Å². The Morgan fingerprint density at radius 1 is 1.15 bits per heavy atom. The summed E-state index contributed by atoms with van der Waals surface area (Å²) in [5.74, 6) is 0.501. The van der Waals surface area contributed by atoms with Crippen molar-refractivity contribution in [2.75, 3.05) is 18.4 Å². The molecule has 4 N–H and O–H groups in total. The van der Waals surface area contributed by atoms with Crippen molar-refractivity contribution in [2.45, 2.75) is 59.0 Å². The molecule has 0 aliphatic heterocycles. The number of rotatable bonds is 10. The zero-order chi connectivity index (χ0) is 20.4. The largest absolute Gasteiger partial charge is 0.356 e. The van der Waals surface area contributed by atoms with Gasteiger partial charge in [-0.1, -0.05) is 37.6 Å². The third-order valence-corrected chi connectivity index (χ3v) is 4.35. The molecule has 6 nitrogen and oxygen atoms in total. The van der Waals surface area contributed by atoms with Gasteiger partial charge in [-0.3, -0.25) is 4.79 Å². The van der Waals surface area contributed by atoms with Crippen molar-refractivity contribution in [3.05, 3.63) is 29.3 Å². The summed E-state index contributed by atoms with van der Waals surface area (Å²) in [5, 5.41) is 12.5. The van der Waals surface area contributed by atoms with Crippen LogP contribution in [0.5, 0.6) is 0 Å². The number of urea groups is 1. The van der Waals surface area contributed by atoms with Crippen molar-refractivity contribution < 1.29 is 9.59 Å². The van der Waals surface area contributed by atoms with Gasteiger partial charge in [0.1, 0.15) is 0 Å². The number of para-hydroxylation sites is 1. The minimum absolute atomic E-state index is 0.0557. The normalized spacial score (nSPS) is 12.6. The van der Waals surface area contributed by atoms with Gasteiger partial charge in [-0.2, -0.15) is 0 Å². The SMILES string of the molecule is CC(C)CNC(=O)CC(C)NCCC(C)(C)NC(=O)Nc1ccccc1Cl. The van der Waals surface area contributed by atoms with Gasteiger partial charge in [0.15, 0.2) is 0 Å². The number of benzene rings is 1. The molecular weight excluding hydrogens is 364 g/mol. The van der Waals surface area contributed by atoms with E-state index in [1.807, 2.05) is 32.9 Å². The maximum atomic E-state index is 12.2. The predicted octanol–water partition coefficient (Wildman–Crippen LogP) is 3.77. The number of nitrogens with one attached hydrogen (secondary N) is 4. The van der Waals surface area contributed by atoms with Crippen molar-refractivity contribution in [2.24, 2.45) is 5.92 Å². The Labute approximate surface area is 167 Å². The Morgan fingerprint density at radius 3 is 2.44 bits per heavy atom. The lowest BCUT2D eigenvalue weighted by molar-refractivity contribution is -0.121. The van der Waals surface area contributed by atoms with Crippen molar-refractivity contribution in [1.82, 2.24) is 16.0 Å². The maximum Gasteiger partial charge on any atom is 0.319 e. The molecule has 152 valence electrons. The highest BCUT2D eigenvalue weighted by molar-refractivity contribution is 6.33. The summed E-state index contributed by atoms with van der Waals surface area (Å²) in [7, 11) is 0. The number of carbonyl (C=O) groups excluding carboxylic acids is 2. The molecule has 0 aliphatic rings. The number of hydrogen-bond donors (Lipinski definition) is 4. The molecule has 0 saturated carbocycles. The molecule has 0 saturated heterocycles. The Kier molecular flexibility index (Phi) is 9.60. The Hall–Kier alpha value is -1.79. The Bertz CT molecular complexity index is 620. The van der Waals surface area contributed by atoms with E-state index in [1.54, 1.807) is 12.1 Å². The summed E-state index contributed by atoms with van der Waals surface area (Å²) < 4.78 is 0. The van der Waals surface area contributed by atoms with Gasteiger partial charge in [-0.15, -0.1) is 0 Å². The molecule has 1 atom stereocenters. The Morgan fingerprint density at radius 2 is 1.81 bits per heavy atom. The topological polar surface area (TPSA) is 82.3 Å². The van der Waals surface area contributed by atoms with Gasteiger partial charge in [-0.05, 0) is 51.8 Å². The van der Waals surface area contributed by atoms with Gasteiger partial charge in [0.25, 0.3) is 0 Å². The fourth-order valence-corrected chi connectivity index (χ4v) is 2.64. The lowest BCUT2D eigenvalue weighted by atomic mass is 10.0. The smallest absolute Gasteiger partial charge is 0.319 e. The first kappa shape index (κ1) is 23.2. The lowest BCUT2D eigenvalue weighted by Gasteiger charge is -2.27. The molecule has 1 rings (SSSR count). The standard InChI is InChI=1S/C20H33ClN4O2/c1-14(2)13-23-18(26)12-15(3)22-11-10-20(4,5)25-19(27)24-17-9-7-6-8-16(17)21/h6-9,14-15,22H,10-13H2,1-5H3,(H,23,26)(H2,24,25,27). The number of amides is 3. The van der Waals surface area contributed by atoms with E-state index in [4.69, 9.17) is 11.6 Å². The molecule has 1 aromatic carbocycles. The highest BCUT2D eigenvalue weighted by Crippen LogP contribution is 2.20. The second-order valence-electron chi connectivity index (χ2n) is 7.95. The predicted molar refractivity (Wildman–Crippen MR) is 112 cm³/mol. The molecule has 0 aromatic heterocycles. The monoisotopic (exact) mass is 396 g/mol. The summed E-state index contributed by atoms with van der Waals surface area (Å²) in [4.78, 5) is 24.0. The van der Waals surface area contributed by atoms with Crippen LogP contribution in [-0.4, -0.2) is 36.6 Å². The van der Waals surface area contributed by atoms with Crippen LogP contribution in [0, 0.1) is 5.92 Å². The van der Waals surface area contributed by atoms with Gasteiger partial charge in [0, 0.05) is 24.5 Å². The zero-order valence-electron chi connectivity index (χ0n) is 17.0. The summed E-state index contributed by atoms with van der Waals surface area (Å²) in [6.07, 6.45) is 1.16. The second-order valence-corrected chi connectivity index (χ2v) is 8.36. The molecule has 1 aromatic rings. The lowest BCUT2D eigenvalue weighted by Crippen LogP contribution is -2.47. The molecule has 0 spiro atoms. The Balaban J connectivity index is 2.32. The highest BCUT2D eigenvalue weighted by Gasteiger charge is 2.21. The van der Waals surface area contributed by atoms with E-state index in [-0.39, 0.29) is 18.0 Å². The quantitative estimate of drug-likeness (QED) is 0.485. The first-order valence-electron chi connectivity index (χ1n) is 9.43. The minimum atomic E-state index is -0.405. The molecular formula is C20H33ClN4O2. The third kappa shape index (κ3) is 10.2. The van der Waals surface area contributed by atoms with Crippen LogP contribution in [0.1, 0.15) is 47.5 Å². The van der Waals surface area contributed by atoms with Crippen molar-refractivity contribution in [3.63, 3.8) is 0 Å². The molecule has 0 fully saturated rings. The minimum Gasteiger partial charge on any atom is -0.356 e. The fourth-order valence-electron chi connectivity index (χ4n) is 2.46. The fraction of sp³-hybridized carbons (Fsp3) is 0.600. The highest BCUT2D eigenvalue weighted by atomic mass is 35.5. The van der Waals surface area contributed by atoms with Crippen LogP contribution in [0.25, 0.3) is 0 Å². The molecule has 0 heterocycles. The maximum absolute atomic E-state index is 12.2. The zero-order valence-corrected chi connectivity index (χ0v) is 17.7. The number of hydrogen-bond acceptors (Lipinski definition) is 3. The van der Waals surface area contributed by atoms with Crippen LogP contribution in [0.3, 0.4) is 0 Å². The molecule has 0 aliphatic carbocycles. The van der Waals surface area contributed by atoms with Crippen LogP contribution in [0.2, 0.25) is 5.02 Å². The third-order valence-electron chi connectivity index (χ3n) is 4.02. The van der Waals surface area contributed by atoms with E-state index in [9.17, 15) is 9.59 Å². The molecule has 1 unspecified atom stereocenters.